The summed E-state index contributed by atoms with van der Waals surface area (Å²) in [7, 11) is 0. The average molecular weight is 265 g/mol. The van der Waals surface area contributed by atoms with Crippen molar-refractivity contribution in [3.63, 3.8) is 0 Å². The van der Waals surface area contributed by atoms with Gasteiger partial charge in [-0.15, -0.1) is 0 Å². The molecule has 2 heteroatoms. The number of hydrogen-bond acceptors (Lipinski definition) is 1. The molecule has 0 fully saturated rings. The Labute approximate surface area is 120 Å². The number of hydrogen-bond donors (Lipinski definition) is 1. The van der Waals surface area contributed by atoms with Crippen molar-refractivity contribution in [1.29, 1.82) is 0 Å². The number of amides is 1. The van der Waals surface area contributed by atoms with Gasteiger partial charge >= 0.3 is 0 Å². The fourth-order valence-electron chi connectivity index (χ4n) is 2.15. The maximum atomic E-state index is 10.9. The molecule has 0 atom stereocenters. The number of benzene rings is 2. The lowest BCUT2D eigenvalue weighted by Gasteiger charge is -2.10. The fourth-order valence-corrected chi connectivity index (χ4v) is 2.15. The van der Waals surface area contributed by atoms with Crippen LogP contribution in [0.25, 0.3) is 16.7 Å². The lowest BCUT2D eigenvalue weighted by Crippen LogP contribution is -2.19. The van der Waals surface area contributed by atoms with Gasteiger partial charge in [0, 0.05) is 13.5 Å². The van der Waals surface area contributed by atoms with Gasteiger partial charge in [0.15, 0.2) is 0 Å². The smallest absolute Gasteiger partial charge is 0.217 e. The van der Waals surface area contributed by atoms with Crippen LogP contribution in [-0.2, 0) is 4.79 Å². The normalized spacial score (nSPS) is 11.2. The minimum Gasteiger partial charge on any atom is -0.353 e. The Morgan fingerprint density at radius 2 is 1.65 bits per heavy atom. The molecule has 0 aromatic heterocycles. The summed E-state index contributed by atoms with van der Waals surface area (Å²) < 4.78 is 0. The molecule has 0 bridgehead atoms. The van der Waals surface area contributed by atoms with Gasteiger partial charge in [-0.05, 0) is 29.2 Å². The number of allylic oxidation sites excluding steroid dienone is 1. The van der Waals surface area contributed by atoms with Crippen molar-refractivity contribution in [1.82, 2.24) is 5.32 Å². The van der Waals surface area contributed by atoms with Crippen LogP contribution in [0.1, 0.15) is 19.4 Å². The first kappa shape index (κ1) is 14.1. The standard InChI is InChI=1S/C18H19NO/c1-14(12-13-19-15(2)20)17-10-6-7-11-18(17)16-8-4-3-5-9-16/h3-12H,13H2,1-2H3,(H,19,20). The van der Waals surface area contributed by atoms with E-state index in [2.05, 4.69) is 36.5 Å². The molecule has 0 aliphatic heterocycles. The molecule has 20 heavy (non-hydrogen) atoms. The molecule has 0 radical (unpaired) electrons. The molecule has 2 nitrogen and oxygen atoms in total. The van der Waals surface area contributed by atoms with Gasteiger partial charge in [-0.3, -0.25) is 4.79 Å². The van der Waals surface area contributed by atoms with Crippen LogP contribution in [0.5, 0.6) is 0 Å². The Morgan fingerprint density at radius 3 is 2.35 bits per heavy atom. The SMILES string of the molecule is CC(=O)NCC=C(C)c1ccccc1-c1ccccc1. The Kier molecular flexibility index (Phi) is 4.72. The first-order chi connectivity index (χ1) is 9.68. The van der Waals surface area contributed by atoms with E-state index in [1.54, 1.807) is 0 Å². The highest BCUT2D eigenvalue weighted by Gasteiger charge is 2.05. The summed E-state index contributed by atoms with van der Waals surface area (Å²) in [6.07, 6.45) is 2.04. The van der Waals surface area contributed by atoms with E-state index < -0.39 is 0 Å². The predicted octanol–water partition coefficient (Wildman–Crippen LogP) is 3.89. The molecule has 0 aliphatic carbocycles. The van der Waals surface area contributed by atoms with Gasteiger partial charge in [0.2, 0.25) is 5.91 Å². The molecular weight excluding hydrogens is 246 g/mol. The quantitative estimate of drug-likeness (QED) is 0.892. The molecule has 2 aromatic rings. The zero-order valence-electron chi connectivity index (χ0n) is 11.9. The van der Waals surface area contributed by atoms with Gasteiger partial charge in [0.25, 0.3) is 0 Å². The third kappa shape index (κ3) is 3.58. The van der Waals surface area contributed by atoms with Gasteiger partial charge in [0.1, 0.15) is 0 Å². The third-order valence-corrected chi connectivity index (χ3v) is 3.20. The minimum absolute atomic E-state index is 0.00889. The van der Waals surface area contributed by atoms with Crippen LogP contribution in [-0.4, -0.2) is 12.5 Å². The molecule has 0 heterocycles. The highest BCUT2D eigenvalue weighted by atomic mass is 16.1. The van der Waals surface area contributed by atoms with Crippen molar-refractivity contribution < 1.29 is 4.79 Å². The second kappa shape index (κ2) is 6.71. The zero-order chi connectivity index (χ0) is 14.4. The van der Waals surface area contributed by atoms with Crippen LogP contribution in [0.3, 0.4) is 0 Å². The first-order valence-corrected chi connectivity index (χ1v) is 6.74. The van der Waals surface area contributed by atoms with Crippen molar-refractivity contribution in [2.75, 3.05) is 6.54 Å². The molecule has 2 rings (SSSR count). The Balaban J connectivity index is 2.31. The molecule has 1 N–H and O–H groups in total. The molecule has 0 spiro atoms. The number of rotatable bonds is 4. The van der Waals surface area contributed by atoms with E-state index in [9.17, 15) is 4.79 Å². The molecule has 2 aromatic carbocycles. The summed E-state index contributed by atoms with van der Waals surface area (Å²) in [6, 6.07) is 18.7. The van der Waals surface area contributed by atoms with Crippen LogP contribution in [0.2, 0.25) is 0 Å². The van der Waals surface area contributed by atoms with E-state index >= 15 is 0 Å². The molecule has 0 unspecified atom stereocenters. The van der Waals surface area contributed by atoms with Gasteiger partial charge in [0.05, 0.1) is 0 Å². The lowest BCUT2D eigenvalue weighted by atomic mass is 9.95. The summed E-state index contributed by atoms with van der Waals surface area (Å²) >= 11 is 0. The minimum atomic E-state index is -0.00889. The second-order valence-electron chi connectivity index (χ2n) is 4.74. The van der Waals surface area contributed by atoms with Crippen molar-refractivity contribution in [2.45, 2.75) is 13.8 Å². The maximum absolute atomic E-state index is 10.9. The van der Waals surface area contributed by atoms with Crippen molar-refractivity contribution >= 4 is 11.5 Å². The largest absolute Gasteiger partial charge is 0.353 e. The highest BCUT2D eigenvalue weighted by molar-refractivity contribution is 5.81. The van der Waals surface area contributed by atoms with Crippen LogP contribution in [0.4, 0.5) is 0 Å². The van der Waals surface area contributed by atoms with Gasteiger partial charge in [-0.1, -0.05) is 60.7 Å². The molecule has 0 saturated carbocycles. The summed E-state index contributed by atoms with van der Waals surface area (Å²) in [5.41, 5.74) is 4.78. The van der Waals surface area contributed by atoms with Crippen molar-refractivity contribution in [2.24, 2.45) is 0 Å². The second-order valence-corrected chi connectivity index (χ2v) is 4.74. The van der Waals surface area contributed by atoms with E-state index in [0.29, 0.717) is 6.54 Å². The van der Waals surface area contributed by atoms with Crippen molar-refractivity contribution in [3.05, 3.63) is 66.2 Å². The van der Waals surface area contributed by atoms with Crippen LogP contribution >= 0.6 is 0 Å². The highest BCUT2D eigenvalue weighted by Crippen LogP contribution is 2.28. The number of carbonyl (C=O) groups excluding carboxylic acids is 1. The van der Waals surface area contributed by atoms with E-state index in [1.807, 2.05) is 36.4 Å². The molecule has 1 amide bonds. The monoisotopic (exact) mass is 265 g/mol. The lowest BCUT2D eigenvalue weighted by molar-refractivity contribution is -0.118. The Bertz CT molecular complexity index is 614. The molecule has 0 saturated heterocycles. The maximum Gasteiger partial charge on any atom is 0.217 e. The van der Waals surface area contributed by atoms with Gasteiger partial charge in [-0.25, -0.2) is 0 Å². The Morgan fingerprint density at radius 1 is 1.00 bits per heavy atom. The van der Waals surface area contributed by atoms with E-state index in [1.165, 1.54) is 29.2 Å². The molecule has 0 aliphatic rings. The summed E-state index contributed by atoms with van der Waals surface area (Å²) in [4.78, 5) is 10.9. The van der Waals surface area contributed by atoms with Crippen LogP contribution in [0, 0.1) is 0 Å². The summed E-state index contributed by atoms with van der Waals surface area (Å²) in [5.74, 6) is -0.00889. The van der Waals surface area contributed by atoms with E-state index in [-0.39, 0.29) is 5.91 Å². The summed E-state index contributed by atoms with van der Waals surface area (Å²) in [6.45, 7) is 4.16. The summed E-state index contributed by atoms with van der Waals surface area (Å²) in [5, 5.41) is 2.79. The number of nitrogens with one attached hydrogen (secondary N) is 1. The van der Waals surface area contributed by atoms with Crippen LogP contribution in [0.15, 0.2) is 60.7 Å². The van der Waals surface area contributed by atoms with Crippen LogP contribution < -0.4 is 5.32 Å². The van der Waals surface area contributed by atoms with Gasteiger partial charge in [-0.2, -0.15) is 0 Å². The van der Waals surface area contributed by atoms with Gasteiger partial charge < -0.3 is 5.32 Å². The topological polar surface area (TPSA) is 29.1 Å². The van der Waals surface area contributed by atoms with Crippen molar-refractivity contribution in [3.8, 4) is 11.1 Å². The fraction of sp³-hybridized carbons (Fsp3) is 0.167. The van der Waals surface area contributed by atoms with E-state index in [0.717, 1.165) is 0 Å². The average Bonchev–Trinajstić information content (AvgIpc) is 2.47. The molecule has 102 valence electrons. The Hall–Kier alpha value is -2.35. The zero-order valence-corrected chi connectivity index (χ0v) is 11.9. The third-order valence-electron chi connectivity index (χ3n) is 3.20. The number of carbonyl (C=O) groups is 1. The van der Waals surface area contributed by atoms with E-state index in [4.69, 9.17) is 0 Å². The molecular formula is C18H19NO. The predicted molar refractivity (Wildman–Crippen MR) is 84.2 cm³/mol. The first-order valence-electron chi connectivity index (χ1n) is 6.74.